The van der Waals surface area contributed by atoms with Crippen LogP contribution in [0.3, 0.4) is 0 Å². The van der Waals surface area contributed by atoms with E-state index in [0.717, 1.165) is 0 Å². The standard InChI is InChI=1S/C9H13NS/c1-8-6-4-5-7-9(8)10(2)11-3/h4-7H,1-3H3. The van der Waals surface area contributed by atoms with Crippen molar-refractivity contribution in [2.24, 2.45) is 0 Å². The molecule has 0 heterocycles. The lowest BCUT2D eigenvalue weighted by atomic mass is 10.2. The Bertz CT molecular complexity index is 235. The second kappa shape index (κ2) is 3.67. The molecule has 0 N–H and O–H groups in total. The van der Waals surface area contributed by atoms with Gasteiger partial charge in [0.05, 0.1) is 0 Å². The van der Waals surface area contributed by atoms with Gasteiger partial charge < -0.3 is 4.31 Å². The molecule has 2 heteroatoms. The summed E-state index contributed by atoms with van der Waals surface area (Å²) in [5.41, 5.74) is 2.62. The third kappa shape index (κ3) is 1.90. The molecular weight excluding hydrogens is 154 g/mol. The highest BCUT2D eigenvalue weighted by atomic mass is 32.2. The molecule has 0 saturated heterocycles. The minimum absolute atomic E-state index is 1.29. The van der Waals surface area contributed by atoms with E-state index in [-0.39, 0.29) is 0 Å². The first-order chi connectivity index (χ1) is 5.25. The molecule has 11 heavy (non-hydrogen) atoms. The smallest absolute Gasteiger partial charge is 0.0495 e. The van der Waals surface area contributed by atoms with Gasteiger partial charge in [-0.1, -0.05) is 30.1 Å². The van der Waals surface area contributed by atoms with Gasteiger partial charge in [0.2, 0.25) is 0 Å². The number of aryl methyl sites for hydroxylation is 1. The fraction of sp³-hybridized carbons (Fsp3) is 0.333. The van der Waals surface area contributed by atoms with Gasteiger partial charge in [-0.15, -0.1) is 0 Å². The van der Waals surface area contributed by atoms with E-state index in [9.17, 15) is 0 Å². The maximum Gasteiger partial charge on any atom is 0.0495 e. The summed E-state index contributed by atoms with van der Waals surface area (Å²) in [6.07, 6.45) is 2.08. The zero-order chi connectivity index (χ0) is 8.27. The molecule has 0 fully saturated rings. The maximum atomic E-state index is 2.16. The Morgan fingerprint density at radius 3 is 2.45 bits per heavy atom. The number of para-hydroxylation sites is 1. The summed E-state index contributed by atoms with van der Waals surface area (Å²) in [4.78, 5) is 0. The Morgan fingerprint density at radius 2 is 1.91 bits per heavy atom. The van der Waals surface area contributed by atoms with Crippen molar-refractivity contribution in [2.45, 2.75) is 6.92 Å². The van der Waals surface area contributed by atoms with E-state index in [1.165, 1.54) is 11.3 Å². The highest BCUT2D eigenvalue weighted by Crippen LogP contribution is 2.21. The summed E-state index contributed by atoms with van der Waals surface area (Å²) >= 11 is 1.73. The molecule has 1 aromatic rings. The molecule has 0 aliphatic carbocycles. The summed E-state index contributed by atoms with van der Waals surface area (Å²) in [5, 5.41) is 0. The van der Waals surface area contributed by atoms with E-state index < -0.39 is 0 Å². The first-order valence-electron chi connectivity index (χ1n) is 3.59. The van der Waals surface area contributed by atoms with E-state index in [1.807, 2.05) is 0 Å². The van der Waals surface area contributed by atoms with Crippen molar-refractivity contribution >= 4 is 17.6 Å². The van der Waals surface area contributed by atoms with Gasteiger partial charge in [-0.05, 0) is 18.6 Å². The number of anilines is 1. The van der Waals surface area contributed by atoms with E-state index in [0.29, 0.717) is 0 Å². The van der Waals surface area contributed by atoms with Crippen LogP contribution in [0.25, 0.3) is 0 Å². The fourth-order valence-corrected chi connectivity index (χ4v) is 1.42. The van der Waals surface area contributed by atoms with Crippen LogP contribution in [0.4, 0.5) is 5.69 Å². The molecule has 60 valence electrons. The second-order valence-electron chi connectivity index (χ2n) is 2.47. The minimum Gasteiger partial charge on any atom is -0.319 e. The van der Waals surface area contributed by atoms with Gasteiger partial charge in [-0.25, -0.2) is 0 Å². The molecule has 1 nitrogen and oxygen atoms in total. The first-order valence-corrected chi connectivity index (χ1v) is 4.77. The van der Waals surface area contributed by atoms with Crippen molar-refractivity contribution in [3.8, 4) is 0 Å². The van der Waals surface area contributed by atoms with Gasteiger partial charge in [-0.2, -0.15) is 0 Å². The Kier molecular flexibility index (Phi) is 2.83. The Labute approximate surface area is 72.5 Å². The summed E-state index contributed by atoms with van der Waals surface area (Å²) in [6.45, 7) is 2.13. The topological polar surface area (TPSA) is 3.24 Å². The molecule has 0 saturated carbocycles. The van der Waals surface area contributed by atoms with Gasteiger partial charge >= 0.3 is 0 Å². The van der Waals surface area contributed by atoms with E-state index in [4.69, 9.17) is 0 Å². The van der Waals surface area contributed by atoms with Gasteiger partial charge in [0, 0.05) is 19.0 Å². The molecule has 0 amide bonds. The van der Waals surface area contributed by atoms with Crippen LogP contribution in [0.1, 0.15) is 5.56 Å². The lowest BCUT2D eigenvalue weighted by Crippen LogP contribution is -2.06. The zero-order valence-electron chi connectivity index (χ0n) is 7.16. The normalized spacial score (nSPS) is 9.73. The van der Waals surface area contributed by atoms with Crippen LogP contribution < -0.4 is 4.31 Å². The van der Waals surface area contributed by atoms with Crippen molar-refractivity contribution in [1.29, 1.82) is 0 Å². The van der Waals surface area contributed by atoms with Gasteiger partial charge in [0.15, 0.2) is 0 Å². The Hall–Kier alpha value is -0.630. The summed E-state index contributed by atoms with van der Waals surface area (Å²) in [6, 6.07) is 8.38. The van der Waals surface area contributed by atoms with Crippen LogP contribution in [0.15, 0.2) is 24.3 Å². The number of rotatable bonds is 2. The molecule has 0 atom stereocenters. The van der Waals surface area contributed by atoms with Gasteiger partial charge in [-0.3, -0.25) is 0 Å². The van der Waals surface area contributed by atoms with E-state index >= 15 is 0 Å². The van der Waals surface area contributed by atoms with Crippen LogP contribution in [0, 0.1) is 6.92 Å². The monoisotopic (exact) mass is 167 g/mol. The SMILES string of the molecule is CSN(C)c1ccccc1C. The van der Waals surface area contributed by atoms with Crippen LogP contribution >= 0.6 is 11.9 Å². The molecule has 0 aliphatic rings. The predicted molar refractivity (Wildman–Crippen MR) is 53.1 cm³/mol. The van der Waals surface area contributed by atoms with Crippen molar-refractivity contribution in [2.75, 3.05) is 17.6 Å². The lowest BCUT2D eigenvalue weighted by molar-refractivity contribution is 1.31. The molecule has 0 unspecified atom stereocenters. The molecule has 0 spiro atoms. The lowest BCUT2D eigenvalue weighted by Gasteiger charge is -2.17. The quantitative estimate of drug-likeness (QED) is 0.623. The second-order valence-corrected chi connectivity index (χ2v) is 3.38. The highest BCUT2D eigenvalue weighted by molar-refractivity contribution is 7.99. The average Bonchev–Trinajstić information content (AvgIpc) is 2.04. The molecule has 1 aromatic carbocycles. The zero-order valence-corrected chi connectivity index (χ0v) is 7.98. The Morgan fingerprint density at radius 1 is 1.27 bits per heavy atom. The Balaban J connectivity index is 2.93. The average molecular weight is 167 g/mol. The van der Waals surface area contributed by atoms with Crippen molar-refractivity contribution in [1.82, 2.24) is 0 Å². The van der Waals surface area contributed by atoms with Crippen LogP contribution in [-0.2, 0) is 0 Å². The number of benzene rings is 1. The van der Waals surface area contributed by atoms with Gasteiger partial charge in [0.1, 0.15) is 0 Å². The van der Waals surface area contributed by atoms with Crippen LogP contribution in [0.5, 0.6) is 0 Å². The van der Waals surface area contributed by atoms with Crippen molar-refractivity contribution in [3.63, 3.8) is 0 Å². The largest absolute Gasteiger partial charge is 0.319 e. The predicted octanol–water partition coefficient (Wildman–Crippen LogP) is 2.71. The third-order valence-corrected chi connectivity index (χ3v) is 2.47. The molecule has 0 bridgehead atoms. The minimum atomic E-state index is 1.29. The van der Waals surface area contributed by atoms with Crippen LogP contribution in [0.2, 0.25) is 0 Å². The molecule has 0 aromatic heterocycles. The van der Waals surface area contributed by atoms with Gasteiger partial charge in [0.25, 0.3) is 0 Å². The molecular formula is C9H13NS. The summed E-state index contributed by atoms with van der Waals surface area (Å²) in [5.74, 6) is 0. The number of hydrogen-bond acceptors (Lipinski definition) is 2. The van der Waals surface area contributed by atoms with E-state index in [2.05, 4.69) is 48.8 Å². The molecule has 1 rings (SSSR count). The van der Waals surface area contributed by atoms with Crippen molar-refractivity contribution < 1.29 is 0 Å². The summed E-state index contributed by atoms with van der Waals surface area (Å²) < 4.78 is 2.16. The first kappa shape index (κ1) is 8.47. The summed E-state index contributed by atoms with van der Waals surface area (Å²) in [7, 11) is 2.08. The fourth-order valence-electron chi connectivity index (χ4n) is 1.02. The molecule has 0 radical (unpaired) electrons. The van der Waals surface area contributed by atoms with Crippen molar-refractivity contribution in [3.05, 3.63) is 29.8 Å². The number of hydrogen-bond donors (Lipinski definition) is 0. The van der Waals surface area contributed by atoms with E-state index in [1.54, 1.807) is 11.9 Å². The molecule has 0 aliphatic heterocycles. The van der Waals surface area contributed by atoms with Crippen LogP contribution in [-0.4, -0.2) is 13.3 Å². The number of nitrogens with zero attached hydrogens (tertiary/aromatic N) is 1. The highest BCUT2D eigenvalue weighted by Gasteiger charge is 1.99. The third-order valence-electron chi connectivity index (χ3n) is 1.73. The maximum absolute atomic E-state index is 2.16.